The van der Waals surface area contributed by atoms with Crippen molar-refractivity contribution in [2.24, 2.45) is 5.92 Å². The number of ketones is 1. The average Bonchev–Trinajstić information content (AvgIpc) is 2.75. The van der Waals surface area contributed by atoms with Crippen molar-refractivity contribution in [3.05, 3.63) is 70.8 Å². The maximum absolute atomic E-state index is 12.6. The summed E-state index contributed by atoms with van der Waals surface area (Å²) in [7, 11) is 0. The van der Waals surface area contributed by atoms with Crippen LogP contribution in [-0.2, 0) is 39.8 Å². The second-order valence-electron chi connectivity index (χ2n) is 7.60. The van der Waals surface area contributed by atoms with E-state index in [1.807, 2.05) is 0 Å². The third-order valence-corrected chi connectivity index (χ3v) is 5.12. The fourth-order valence-corrected chi connectivity index (χ4v) is 3.21. The molecule has 0 radical (unpaired) electrons. The topological polar surface area (TPSA) is 107 Å². The molecule has 0 saturated heterocycles. The Morgan fingerprint density at radius 2 is 1.45 bits per heavy atom. The number of Topliss-reactive ketones (excluding diaryl/α,β-unsaturated/α-hetero) is 1. The summed E-state index contributed by atoms with van der Waals surface area (Å²) in [6, 6.07) is 11.4. The summed E-state index contributed by atoms with van der Waals surface area (Å²) in [5.41, 5.74) is 0.854. The Morgan fingerprint density at radius 3 is 1.97 bits per heavy atom. The smallest absolute Gasteiger partial charge is 0.416 e. The number of halogens is 3. The Bertz CT molecular complexity index is 1000. The number of amides is 1. The van der Waals surface area contributed by atoms with Crippen LogP contribution in [0, 0.1) is 11.3 Å². The van der Waals surface area contributed by atoms with Crippen LogP contribution < -0.4 is 5.32 Å². The van der Waals surface area contributed by atoms with E-state index in [-0.39, 0.29) is 25.2 Å². The third-order valence-electron chi connectivity index (χ3n) is 5.12. The second-order valence-corrected chi connectivity index (χ2v) is 7.60. The van der Waals surface area contributed by atoms with Gasteiger partial charge in [0.1, 0.15) is 5.92 Å². The van der Waals surface area contributed by atoms with Gasteiger partial charge in [0, 0.05) is 13.0 Å². The van der Waals surface area contributed by atoms with E-state index < -0.39 is 35.1 Å². The molecule has 0 bridgehead atoms. The van der Waals surface area contributed by atoms with Crippen molar-refractivity contribution < 1.29 is 32.7 Å². The molecule has 176 valence electrons. The summed E-state index contributed by atoms with van der Waals surface area (Å²) in [5, 5.41) is 19.6. The molecule has 2 rings (SSSR count). The molecule has 0 aliphatic carbocycles. The van der Waals surface area contributed by atoms with Gasteiger partial charge in [-0.2, -0.15) is 13.2 Å². The van der Waals surface area contributed by atoms with E-state index in [1.54, 1.807) is 31.2 Å². The van der Waals surface area contributed by atoms with Gasteiger partial charge in [-0.05, 0) is 41.7 Å². The predicted molar refractivity (Wildman–Crippen MR) is 116 cm³/mol. The first-order valence-electron chi connectivity index (χ1n) is 10.4. The van der Waals surface area contributed by atoms with E-state index in [4.69, 9.17) is 10.5 Å². The Kier molecular flexibility index (Phi) is 8.90. The zero-order chi connectivity index (χ0) is 24.6. The van der Waals surface area contributed by atoms with E-state index in [9.17, 15) is 27.6 Å². The molecule has 1 amide bonds. The molecule has 0 aliphatic rings. The minimum Gasteiger partial charge on any atom is -0.481 e. The van der Waals surface area contributed by atoms with Crippen LogP contribution in [0.2, 0.25) is 0 Å². The number of carboxylic acids is 1. The second kappa shape index (κ2) is 11.4. The molecule has 0 fully saturated rings. The van der Waals surface area contributed by atoms with Crippen LogP contribution in [0.5, 0.6) is 0 Å². The lowest BCUT2D eigenvalue weighted by Gasteiger charge is -2.11. The first-order chi connectivity index (χ1) is 15.5. The zero-order valence-corrected chi connectivity index (χ0v) is 18.0. The van der Waals surface area contributed by atoms with Gasteiger partial charge < -0.3 is 15.8 Å². The molecule has 2 aromatic rings. The van der Waals surface area contributed by atoms with E-state index in [0.717, 1.165) is 17.7 Å². The minimum atomic E-state index is -4.41. The highest BCUT2D eigenvalue weighted by atomic mass is 19.4. The first-order valence-corrected chi connectivity index (χ1v) is 10.4. The zero-order valence-electron chi connectivity index (χ0n) is 18.0. The molecule has 0 heterocycles. The van der Waals surface area contributed by atoms with Crippen molar-refractivity contribution in [1.82, 2.24) is 5.32 Å². The summed E-state index contributed by atoms with van der Waals surface area (Å²) in [6.07, 6.45) is -3.82. The number of hydrogen-bond donors (Lipinski definition) is 3. The van der Waals surface area contributed by atoms with Gasteiger partial charge in [-0.1, -0.05) is 43.3 Å². The standard InChI is InChI=1S/C24H25F3N2O4/c1-2-19(23(32)33)22(28)20(30)13-16-5-3-15(4-6-16)11-12-29-21(31)14-17-7-9-18(10-8-17)24(25,26)27/h3-10,19,28H,2,11-14H2,1H3,(H,29,31)(H,32,33)/t19-/m1/s1. The number of hydrogen-bond acceptors (Lipinski definition) is 4. The molecular formula is C24H25F3N2O4. The third kappa shape index (κ3) is 7.85. The molecule has 2 aromatic carbocycles. The molecule has 0 unspecified atom stereocenters. The highest BCUT2D eigenvalue weighted by molar-refractivity contribution is 6.42. The highest BCUT2D eigenvalue weighted by Crippen LogP contribution is 2.29. The van der Waals surface area contributed by atoms with E-state index >= 15 is 0 Å². The number of nitrogens with one attached hydrogen (secondary N) is 2. The molecule has 0 spiro atoms. The van der Waals surface area contributed by atoms with Gasteiger partial charge in [0.15, 0.2) is 5.78 Å². The summed E-state index contributed by atoms with van der Waals surface area (Å²) >= 11 is 0. The van der Waals surface area contributed by atoms with Crippen molar-refractivity contribution >= 4 is 23.4 Å². The molecule has 6 nitrogen and oxygen atoms in total. The Labute approximate surface area is 189 Å². The largest absolute Gasteiger partial charge is 0.481 e. The van der Waals surface area contributed by atoms with Gasteiger partial charge in [-0.25, -0.2) is 0 Å². The number of aliphatic carboxylic acids is 1. The highest BCUT2D eigenvalue weighted by Gasteiger charge is 2.30. The minimum absolute atomic E-state index is 0.0275. The summed E-state index contributed by atoms with van der Waals surface area (Å²) in [5.74, 6) is -3.14. The fraction of sp³-hybridized carbons (Fsp3) is 0.333. The summed E-state index contributed by atoms with van der Waals surface area (Å²) < 4.78 is 37.7. The van der Waals surface area contributed by atoms with E-state index in [1.165, 1.54) is 12.1 Å². The number of carbonyl (C=O) groups excluding carboxylic acids is 2. The molecule has 33 heavy (non-hydrogen) atoms. The van der Waals surface area contributed by atoms with Crippen molar-refractivity contribution in [2.45, 2.75) is 38.8 Å². The lowest BCUT2D eigenvalue weighted by Crippen LogP contribution is -2.30. The molecule has 0 aromatic heterocycles. The van der Waals surface area contributed by atoms with Gasteiger partial charge in [0.2, 0.25) is 5.91 Å². The normalized spacial score (nSPS) is 12.1. The van der Waals surface area contributed by atoms with E-state index in [0.29, 0.717) is 24.1 Å². The first kappa shape index (κ1) is 25.8. The number of rotatable bonds is 11. The number of alkyl halides is 3. The Hall–Kier alpha value is -3.49. The van der Waals surface area contributed by atoms with Crippen LogP contribution in [0.25, 0.3) is 0 Å². The Balaban J connectivity index is 1.80. The van der Waals surface area contributed by atoms with Crippen molar-refractivity contribution in [1.29, 1.82) is 5.41 Å². The number of carboxylic acid groups (broad SMARTS) is 1. The van der Waals surface area contributed by atoms with Gasteiger partial charge in [-0.3, -0.25) is 14.4 Å². The van der Waals surface area contributed by atoms with Gasteiger partial charge >= 0.3 is 12.1 Å². The van der Waals surface area contributed by atoms with Crippen LogP contribution in [0.15, 0.2) is 48.5 Å². The van der Waals surface area contributed by atoms with Crippen molar-refractivity contribution in [3.63, 3.8) is 0 Å². The maximum Gasteiger partial charge on any atom is 0.416 e. The SMILES string of the molecule is CC[C@H](C(=N)C(=O)Cc1ccc(CCNC(=O)Cc2ccc(C(F)(F)F)cc2)cc1)C(=O)O. The molecular weight excluding hydrogens is 437 g/mol. The Morgan fingerprint density at radius 1 is 0.939 bits per heavy atom. The number of carbonyl (C=O) groups is 3. The van der Waals surface area contributed by atoms with Crippen molar-refractivity contribution in [3.8, 4) is 0 Å². The van der Waals surface area contributed by atoms with Crippen LogP contribution >= 0.6 is 0 Å². The van der Waals surface area contributed by atoms with Gasteiger partial charge in [0.25, 0.3) is 0 Å². The van der Waals surface area contributed by atoms with Crippen LogP contribution in [0.4, 0.5) is 13.2 Å². The molecule has 1 atom stereocenters. The average molecular weight is 462 g/mol. The van der Waals surface area contributed by atoms with Gasteiger partial charge in [0.05, 0.1) is 17.7 Å². The van der Waals surface area contributed by atoms with Crippen LogP contribution in [0.3, 0.4) is 0 Å². The summed E-state index contributed by atoms with van der Waals surface area (Å²) in [4.78, 5) is 35.3. The predicted octanol–water partition coefficient (Wildman–Crippen LogP) is 3.85. The number of benzene rings is 2. The fourth-order valence-electron chi connectivity index (χ4n) is 3.21. The van der Waals surface area contributed by atoms with Crippen molar-refractivity contribution in [2.75, 3.05) is 6.54 Å². The van der Waals surface area contributed by atoms with Crippen LogP contribution in [-0.4, -0.2) is 35.0 Å². The van der Waals surface area contributed by atoms with Gasteiger partial charge in [-0.15, -0.1) is 0 Å². The maximum atomic E-state index is 12.6. The van der Waals surface area contributed by atoms with E-state index in [2.05, 4.69) is 5.32 Å². The molecule has 9 heteroatoms. The monoisotopic (exact) mass is 462 g/mol. The quantitative estimate of drug-likeness (QED) is 0.441. The summed E-state index contributed by atoms with van der Waals surface area (Å²) in [6.45, 7) is 1.94. The molecule has 0 aliphatic heterocycles. The van der Waals surface area contributed by atoms with Crippen LogP contribution in [0.1, 0.15) is 35.6 Å². The lowest BCUT2D eigenvalue weighted by molar-refractivity contribution is -0.140. The molecule has 0 saturated carbocycles. The lowest BCUT2D eigenvalue weighted by atomic mass is 9.94. The molecule has 3 N–H and O–H groups in total.